The third-order valence-corrected chi connectivity index (χ3v) is 8.75. The van der Waals surface area contributed by atoms with Crippen molar-refractivity contribution in [3.05, 3.63) is 95.1 Å². The minimum Gasteiger partial charge on any atom is -0.284 e. The molecule has 0 spiro atoms. The molecule has 0 saturated heterocycles. The highest BCUT2D eigenvalue weighted by Gasteiger charge is 2.37. The van der Waals surface area contributed by atoms with E-state index in [4.69, 9.17) is 0 Å². The highest BCUT2D eigenvalue weighted by atomic mass is 32.2. The Labute approximate surface area is 201 Å². The number of hydrazone groups is 1. The van der Waals surface area contributed by atoms with E-state index in [0.29, 0.717) is 23.4 Å². The summed E-state index contributed by atoms with van der Waals surface area (Å²) in [4.78, 5) is 0.171. The zero-order valence-electron chi connectivity index (χ0n) is 19.3. The molecule has 4 rings (SSSR count). The molecule has 34 heavy (non-hydrogen) atoms. The highest BCUT2D eigenvalue weighted by molar-refractivity contribution is 7.92. The van der Waals surface area contributed by atoms with Crippen molar-refractivity contribution in [1.82, 2.24) is 4.41 Å². The Bertz CT molecular complexity index is 1430. The van der Waals surface area contributed by atoms with Crippen molar-refractivity contribution in [3.63, 3.8) is 0 Å². The first-order chi connectivity index (χ1) is 16.1. The predicted molar refractivity (Wildman–Crippen MR) is 135 cm³/mol. The molecule has 9 heteroatoms. The Morgan fingerprint density at radius 1 is 0.912 bits per heavy atom. The number of rotatable bonds is 7. The summed E-state index contributed by atoms with van der Waals surface area (Å²) >= 11 is 0. The topological polar surface area (TPSA) is 95.9 Å². The van der Waals surface area contributed by atoms with Gasteiger partial charge in [-0.25, -0.2) is 8.42 Å². The number of sulfonamides is 2. The Morgan fingerprint density at radius 3 is 2.15 bits per heavy atom. The SMILES string of the molecule is CCS(=O)(=O)Nc1cccc(C2=NN(S(=O)(=O)c3ccc(C)cc3)[C@@H](c3ccc(C)cc3)C2)c1. The lowest BCUT2D eigenvalue weighted by molar-refractivity contribution is 0.371. The van der Waals surface area contributed by atoms with Crippen LogP contribution >= 0.6 is 0 Å². The number of aryl methyl sites for hydroxylation is 2. The molecule has 7 nitrogen and oxygen atoms in total. The Hall–Kier alpha value is -3.17. The third-order valence-electron chi connectivity index (χ3n) is 5.75. The molecule has 1 heterocycles. The average Bonchev–Trinajstić information content (AvgIpc) is 3.26. The molecule has 1 N–H and O–H groups in total. The first-order valence-electron chi connectivity index (χ1n) is 10.9. The van der Waals surface area contributed by atoms with Crippen molar-refractivity contribution < 1.29 is 16.8 Å². The summed E-state index contributed by atoms with van der Waals surface area (Å²) in [5.74, 6) is -0.0454. The molecule has 3 aromatic carbocycles. The second-order valence-corrected chi connectivity index (χ2v) is 12.2. The fourth-order valence-corrected chi connectivity index (χ4v) is 5.82. The van der Waals surface area contributed by atoms with Crippen molar-refractivity contribution in [1.29, 1.82) is 0 Å². The lowest BCUT2D eigenvalue weighted by Gasteiger charge is -2.23. The van der Waals surface area contributed by atoms with E-state index < -0.39 is 26.1 Å². The summed E-state index contributed by atoms with van der Waals surface area (Å²) < 4.78 is 54.9. The third kappa shape index (κ3) is 5.00. The molecule has 0 fully saturated rings. The standard InChI is InChI=1S/C25H27N3O4S2/c1-4-33(29,30)27-22-7-5-6-21(16-22)24-17-25(20-12-8-18(2)9-13-20)28(26-24)34(31,32)23-14-10-19(3)11-15-23/h5-16,25,27H,4,17H2,1-3H3/t25-/m1/s1. The zero-order chi connectivity index (χ0) is 24.5. The predicted octanol–water partition coefficient (Wildman–Crippen LogP) is 4.61. The Kier molecular flexibility index (Phi) is 6.51. The van der Waals surface area contributed by atoms with Gasteiger partial charge in [0, 0.05) is 12.1 Å². The van der Waals surface area contributed by atoms with Gasteiger partial charge in [0.2, 0.25) is 10.0 Å². The molecule has 1 aliphatic rings. The number of hydrogen-bond acceptors (Lipinski definition) is 5. The molecule has 0 radical (unpaired) electrons. The lowest BCUT2D eigenvalue weighted by atomic mass is 9.98. The van der Waals surface area contributed by atoms with Gasteiger partial charge in [0.1, 0.15) is 0 Å². The van der Waals surface area contributed by atoms with E-state index in [9.17, 15) is 16.8 Å². The van der Waals surface area contributed by atoms with Crippen LogP contribution < -0.4 is 4.72 Å². The van der Waals surface area contributed by atoms with Gasteiger partial charge in [0.15, 0.2) is 0 Å². The van der Waals surface area contributed by atoms with Crippen LogP contribution in [-0.4, -0.2) is 32.7 Å². The van der Waals surface area contributed by atoms with Crippen LogP contribution in [0.25, 0.3) is 0 Å². The van der Waals surface area contributed by atoms with Gasteiger partial charge >= 0.3 is 0 Å². The van der Waals surface area contributed by atoms with Crippen LogP contribution in [0.1, 0.15) is 41.6 Å². The summed E-state index contributed by atoms with van der Waals surface area (Å²) in [7, 11) is -7.35. The molecule has 0 amide bonds. The summed E-state index contributed by atoms with van der Waals surface area (Å²) in [6, 6.07) is 20.8. The summed E-state index contributed by atoms with van der Waals surface area (Å²) in [6.07, 6.45) is 0.359. The fraction of sp³-hybridized carbons (Fsp3) is 0.240. The van der Waals surface area contributed by atoms with Gasteiger partial charge < -0.3 is 0 Å². The number of hydrogen-bond donors (Lipinski definition) is 1. The average molecular weight is 498 g/mol. The van der Waals surface area contributed by atoms with E-state index in [1.807, 2.05) is 38.1 Å². The monoisotopic (exact) mass is 497 g/mol. The molecular formula is C25H27N3O4S2. The first-order valence-corrected chi connectivity index (χ1v) is 14.0. The van der Waals surface area contributed by atoms with E-state index in [-0.39, 0.29) is 10.6 Å². The van der Waals surface area contributed by atoms with Crippen molar-refractivity contribution in [2.24, 2.45) is 5.10 Å². The molecule has 3 aromatic rings. The van der Waals surface area contributed by atoms with Crippen LogP contribution in [0, 0.1) is 13.8 Å². The summed E-state index contributed by atoms with van der Waals surface area (Å²) in [5.41, 5.74) is 4.52. The number of nitrogens with one attached hydrogen (secondary N) is 1. The molecule has 0 saturated carbocycles. The maximum atomic E-state index is 13.6. The molecule has 1 aliphatic heterocycles. The number of benzene rings is 3. The second-order valence-electron chi connectivity index (χ2n) is 8.35. The molecule has 1 atom stereocenters. The smallest absolute Gasteiger partial charge is 0.279 e. The fourth-order valence-electron chi connectivity index (χ4n) is 3.75. The maximum absolute atomic E-state index is 13.6. The van der Waals surface area contributed by atoms with Gasteiger partial charge in [-0.15, -0.1) is 0 Å². The quantitative estimate of drug-likeness (QED) is 0.516. The molecule has 0 aromatic heterocycles. The summed E-state index contributed by atoms with van der Waals surface area (Å²) in [5, 5.41) is 4.55. The maximum Gasteiger partial charge on any atom is 0.279 e. The van der Waals surface area contributed by atoms with E-state index in [2.05, 4.69) is 9.82 Å². The van der Waals surface area contributed by atoms with Crippen molar-refractivity contribution >= 4 is 31.4 Å². The summed E-state index contributed by atoms with van der Waals surface area (Å²) in [6.45, 7) is 5.44. The molecule has 178 valence electrons. The minimum atomic E-state index is -3.91. The van der Waals surface area contributed by atoms with E-state index >= 15 is 0 Å². The van der Waals surface area contributed by atoms with Gasteiger partial charge in [0.05, 0.1) is 22.4 Å². The first kappa shape index (κ1) is 24.0. The Balaban J connectivity index is 1.76. The second kappa shape index (κ2) is 9.23. The van der Waals surface area contributed by atoms with E-state index in [0.717, 1.165) is 16.7 Å². The lowest BCUT2D eigenvalue weighted by Crippen LogP contribution is -2.27. The van der Waals surface area contributed by atoms with Crippen LogP contribution in [0.4, 0.5) is 5.69 Å². The van der Waals surface area contributed by atoms with Gasteiger partial charge in [-0.3, -0.25) is 4.72 Å². The van der Waals surface area contributed by atoms with E-state index in [1.54, 1.807) is 55.5 Å². The number of nitrogens with zero attached hydrogens (tertiary/aromatic N) is 2. The molecule has 0 aliphatic carbocycles. The van der Waals surface area contributed by atoms with Gasteiger partial charge in [-0.05, 0) is 56.2 Å². The van der Waals surface area contributed by atoms with Crippen molar-refractivity contribution in [3.8, 4) is 0 Å². The normalized spacial score (nSPS) is 16.4. The van der Waals surface area contributed by atoms with Crippen molar-refractivity contribution in [2.75, 3.05) is 10.5 Å². The molecular weight excluding hydrogens is 470 g/mol. The van der Waals surface area contributed by atoms with E-state index in [1.165, 1.54) is 4.41 Å². The van der Waals surface area contributed by atoms with Gasteiger partial charge in [0.25, 0.3) is 10.0 Å². The highest BCUT2D eigenvalue weighted by Crippen LogP contribution is 2.37. The zero-order valence-corrected chi connectivity index (χ0v) is 20.9. The Morgan fingerprint density at radius 2 is 1.53 bits per heavy atom. The van der Waals surface area contributed by atoms with Gasteiger partial charge in [-0.2, -0.15) is 17.9 Å². The van der Waals surface area contributed by atoms with Crippen molar-refractivity contribution in [2.45, 2.75) is 38.1 Å². The van der Waals surface area contributed by atoms with Crippen LogP contribution in [0.2, 0.25) is 0 Å². The number of anilines is 1. The van der Waals surface area contributed by atoms with Crippen LogP contribution in [0.3, 0.4) is 0 Å². The minimum absolute atomic E-state index is 0.0454. The largest absolute Gasteiger partial charge is 0.284 e. The van der Waals surface area contributed by atoms with Gasteiger partial charge in [-0.1, -0.05) is 59.7 Å². The van der Waals surface area contributed by atoms with Crippen LogP contribution in [0.5, 0.6) is 0 Å². The van der Waals surface area contributed by atoms with Crippen LogP contribution in [0.15, 0.2) is 82.8 Å². The molecule has 0 bridgehead atoms. The molecule has 0 unspecified atom stereocenters. The van der Waals surface area contributed by atoms with Crippen LogP contribution in [-0.2, 0) is 20.0 Å².